The molecule has 1 saturated heterocycles. The van der Waals surface area contributed by atoms with Crippen LogP contribution in [0.25, 0.3) is 10.9 Å². The second-order valence-corrected chi connectivity index (χ2v) is 5.50. The highest BCUT2D eigenvalue weighted by atomic mass is 15.2. The van der Waals surface area contributed by atoms with Crippen molar-refractivity contribution in [1.82, 2.24) is 14.8 Å². The van der Waals surface area contributed by atoms with Crippen molar-refractivity contribution in [3.8, 4) is 0 Å². The molecule has 19 heavy (non-hydrogen) atoms. The van der Waals surface area contributed by atoms with Crippen molar-refractivity contribution < 1.29 is 0 Å². The van der Waals surface area contributed by atoms with Gasteiger partial charge in [0.15, 0.2) is 0 Å². The van der Waals surface area contributed by atoms with Crippen molar-refractivity contribution >= 4 is 10.9 Å². The molecule has 0 amide bonds. The van der Waals surface area contributed by atoms with Gasteiger partial charge in [-0.1, -0.05) is 13.0 Å². The summed E-state index contributed by atoms with van der Waals surface area (Å²) in [5, 5.41) is 4.85. The van der Waals surface area contributed by atoms with E-state index in [9.17, 15) is 0 Å². The van der Waals surface area contributed by atoms with Gasteiger partial charge in [-0.2, -0.15) is 0 Å². The number of aryl methyl sites for hydroxylation is 2. The number of rotatable bonds is 3. The molecule has 2 aromatic rings. The minimum Gasteiger partial charge on any atom is -0.350 e. The van der Waals surface area contributed by atoms with Crippen LogP contribution in [0.4, 0.5) is 0 Å². The summed E-state index contributed by atoms with van der Waals surface area (Å²) in [4.78, 5) is 2.55. The van der Waals surface area contributed by atoms with E-state index in [1.165, 1.54) is 22.0 Å². The summed E-state index contributed by atoms with van der Waals surface area (Å²) in [5.74, 6) is 0. The predicted octanol–water partition coefficient (Wildman–Crippen LogP) is 2.15. The summed E-state index contributed by atoms with van der Waals surface area (Å²) in [7, 11) is 2.15. The summed E-state index contributed by atoms with van der Waals surface area (Å²) >= 11 is 0. The Morgan fingerprint density at radius 1 is 1.21 bits per heavy atom. The number of benzene rings is 1. The molecule has 1 aromatic heterocycles. The lowest BCUT2D eigenvalue weighted by Crippen LogP contribution is -2.42. The molecule has 0 unspecified atom stereocenters. The van der Waals surface area contributed by atoms with E-state index in [2.05, 4.69) is 53.2 Å². The molecular formula is C16H23N3. The number of nitrogens with zero attached hydrogens (tertiary/aromatic N) is 2. The van der Waals surface area contributed by atoms with Crippen LogP contribution in [0, 0.1) is 0 Å². The third kappa shape index (κ3) is 2.53. The molecule has 0 atom stereocenters. The lowest BCUT2D eigenvalue weighted by molar-refractivity contribution is 0.234. The maximum Gasteiger partial charge on any atom is 0.0481 e. The summed E-state index contributed by atoms with van der Waals surface area (Å²) in [6.45, 7) is 7.84. The van der Waals surface area contributed by atoms with Gasteiger partial charge < -0.3 is 9.88 Å². The molecule has 102 valence electrons. The smallest absolute Gasteiger partial charge is 0.0481 e. The zero-order chi connectivity index (χ0) is 13.2. The SMILES string of the molecule is CCc1ccc2c(c1)c(CN1CCNCC1)cn2C. The Bertz CT molecular complexity index is 565. The third-order valence-corrected chi connectivity index (χ3v) is 4.15. The number of aromatic nitrogens is 1. The quantitative estimate of drug-likeness (QED) is 0.909. The van der Waals surface area contributed by atoms with Gasteiger partial charge in [0.2, 0.25) is 0 Å². The molecule has 0 aliphatic carbocycles. The van der Waals surface area contributed by atoms with E-state index in [1.54, 1.807) is 0 Å². The molecule has 1 aromatic carbocycles. The van der Waals surface area contributed by atoms with Gasteiger partial charge in [0.05, 0.1) is 0 Å². The molecule has 3 heteroatoms. The minimum atomic E-state index is 1.08. The van der Waals surface area contributed by atoms with Crippen molar-refractivity contribution in [2.24, 2.45) is 7.05 Å². The first kappa shape index (κ1) is 12.7. The highest BCUT2D eigenvalue weighted by molar-refractivity contribution is 5.84. The van der Waals surface area contributed by atoms with Crippen molar-refractivity contribution in [3.05, 3.63) is 35.5 Å². The van der Waals surface area contributed by atoms with Crippen molar-refractivity contribution in [2.75, 3.05) is 26.2 Å². The van der Waals surface area contributed by atoms with Gasteiger partial charge in [0.1, 0.15) is 0 Å². The van der Waals surface area contributed by atoms with Crippen molar-refractivity contribution in [1.29, 1.82) is 0 Å². The molecule has 0 spiro atoms. The first-order valence-corrected chi connectivity index (χ1v) is 7.28. The topological polar surface area (TPSA) is 20.2 Å². The molecule has 3 nitrogen and oxygen atoms in total. The molecule has 1 aliphatic rings. The van der Waals surface area contributed by atoms with Crippen LogP contribution in [-0.4, -0.2) is 35.6 Å². The Hall–Kier alpha value is -1.32. The van der Waals surface area contributed by atoms with Gasteiger partial charge in [-0.3, -0.25) is 4.90 Å². The zero-order valence-electron chi connectivity index (χ0n) is 11.9. The van der Waals surface area contributed by atoms with E-state index in [1.807, 2.05) is 0 Å². The van der Waals surface area contributed by atoms with Gasteiger partial charge in [0, 0.05) is 56.9 Å². The summed E-state index contributed by atoms with van der Waals surface area (Å²) in [5.41, 5.74) is 4.25. The maximum atomic E-state index is 3.41. The Balaban J connectivity index is 1.93. The third-order valence-electron chi connectivity index (χ3n) is 4.15. The van der Waals surface area contributed by atoms with E-state index in [-0.39, 0.29) is 0 Å². The average Bonchev–Trinajstić information content (AvgIpc) is 2.76. The molecule has 2 heterocycles. The fourth-order valence-electron chi connectivity index (χ4n) is 2.98. The largest absolute Gasteiger partial charge is 0.350 e. The van der Waals surface area contributed by atoms with Crippen LogP contribution in [-0.2, 0) is 20.0 Å². The average molecular weight is 257 g/mol. The molecule has 0 radical (unpaired) electrons. The normalized spacial score (nSPS) is 17.2. The number of hydrogen-bond donors (Lipinski definition) is 1. The van der Waals surface area contributed by atoms with E-state index in [0.29, 0.717) is 0 Å². The van der Waals surface area contributed by atoms with Gasteiger partial charge in [-0.15, -0.1) is 0 Å². The Kier molecular flexibility index (Phi) is 3.58. The zero-order valence-corrected chi connectivity index (χ0v) is 11.9. The number of nitrogens with one attached hydrogen (secondary N) is 1. The molecular weight excluding hydrogens is 234 g/mol. The van der Waals surface area contributed by atoms with Crippen LogP contribution in [0.2, 0.25) is 0 Å². The second-order valence-electron chi connectivity index (χ2n) is 5.50. The lowest BCUT2D eigenvalue weighted by atomic mass is 10.1. The Morgan fingerprint density at radius 3 is 2.74 bits per heavy atom. The monoisotopic (exact) mass is 257 g/mol. The van der Waals surface area contributed by atoms with Gasteiger partial charge in [-0.25, -0.2) is 0 Å². The lowest BCUT2D eigenvalue weighted by Gasteiger charge is -2.26. The molecule has 0 saturated carbocycles. The van der Waals surface area contributed by atoms with E-state index >= 15 is 0 Å². The highest BCUT2D eigenvalue weighted by Crippen LogP contribution is 2.23. The Labute approximate surface area is 115 Å². The Morgan fingerprint density at radius 2 is 2.00 bits per heavy atom. The van der Waals surface area contributed by atoms with Crippen molar-refractivity contribution in [3.63, 3.8) is 0 Å². The van der Waals surface area contributed by atoms with Crippen LogP contribution in [0.3, 0.4) is 0 Å². The van der Waals surface area contributed by atoms with Crippen molar-refractivity contribution in [2.45, 2.75) is 19.9 Å². The minimum absolute atomic E-state index is 1.08. The number of piperazine rings is 1. The maximum absolute atomic E-state index is 3.41. The molecule has 1 aliphatic heterocycles. The molecule has 3 rings (SSSR count). The standard InChI is InChI=1S/C16H23N3/c1-3-13-4-5-16-15(10-13)14(11-18(16)2)12-19-8-6-17-7-9-19/h4-5,10-11,17H,3,6-9,12H2,1-2H3. The van der Waals surface area contributed by atoms with Crippen LogP contribution in [0.1, 0.15) is 18.1 Å². The predicted molar refractivity (Wildman–Crippen MR) is 80.4 cm³/mol. The molecule has 0 bridgehead atoms. The van der Waals surface area contributed by atoms with Crippen LogP contribution < -0.4 is 5.32 Å². The van der Waals surface area contributed by atoms with E-state index in [0.717, 1.165) is 39.1 Å². The number of hydrogen-bond acceptors (Lipinski definition) is 2. The van der Waals surface area contributed by atoms with Gasteiger partial charge >= 0.3 is 0 Å². The van der Waals surface area contributed by atoms with E-state index < -0.39 is 0 Å². The second kappa shape index (κ2) is 5.35. The first-order chi connectivity index (χ1) is 9.28. The highest BCUT2D eigenvalue weighted by Gasteiger charge is 2.13. The van der Waals surface area contributed by atoms with Gasteiger partial charge in [-0.05, 0) is 29.7 Å². The summed E-state index contributed by atoms with van der Waals surface area (Å²) < 4.78 is 2.26. The fourth-order valence-corrected chi connectivity index (χ4v) is 2.98. The van der Waals surface area contributed by atoms with E-state index in [4.69, 9.17) is 0 Å². The number of fused-ring (bicyclic) bond motifs is 1. The summed E-state index contributed by atoms with van der Waals surface area (Å²) in [6.07, 6.45) is 3.41. The first-order valence-electron chi connectivity index (χ1n) is 7.28. The fraction of sp³-hybridized carbons (Fsp3) is 0.500. The molecule has 1 N–H and O–H groups in total. The summed E-state index contributed by atoms with van der Waals surface area (Å²) in [6, 6.07) is 6.87. The van der Waals surface area contributed by atoms with Gasteiger partial charge in [0.25, 0.3) is 0 Å². The molecule has 1 fully saturated rings. The van der Waals surface area contributed by atoms with Crippen LogP contribution in [0.15, 0.2) is 24.4 Å². The van der Waals surface area contributed by atoms with Crippen LogP contribution >= 0.6 is 0 Å². The van der Waals surface area contributed by atoms with Crippen LogP contribution in [0.5, 0.6) is 0 Å².